The van der Waals surface area contributed by atoms with Crippen LogP contribution in [0.4, 0.5) is 9.52 Å². The second-order valence-corrected chi connectivity index (χ2v) is 5.52. The summed E-state index contributed by atoms with van der Waals surface area (Å²) in [6.45, 7) is 0.573. The van der Waals surface area contributed by atoms with Crippen molar-refractivity contribution in [3.63, 3.8) is 0 Å². The first-order valence-corrected chi connectivity index (χ1v) is 7.00. The van der Waals surface area contributed by atoms with Gasteiger partial charge in [0.15, 0.2) is 5.13 Å². The molecule has 0 amide bonds. The summed E-state index contributed by atoms with van der Waals surface area (Å²) in [5.74, 6) is 0.115. The molecule has 0 aliphatic rings. The second-order valence-electron chi connectivity index (χ2n) is 3.83. The minimum absolute atomic E-state index is 0.237. The fourth-order valence-electron chi connectivity index (χ4n) is 1.54. The minimum atomic E-state index is -0.237. The van der Waals surface area contributed by atoms with E-state index >= 15 is 0 Å². The highest BCUT2D eigenvalue weighted by Crippen LogP contribution is 2.30. The average Bonchev–Trinajstić information content (AvgIpc) is 2.70. The molecule has 18 heavy (non-hydrogen) atoms. The Labute approximate surface area is 119 Å². The molecule has 1 aromatic carbocycles. The highest BCUT2D eigenvalue weighted by molar-refractivity contribution is 7.16. The van der Waals surface area contributed by atoms with Crippen LogP contribution in [-0.2, 0) is 12.4 Å². The first-order chi connectivity index (χ1) is 8.60. The van der Waals surface area contributed by atoms with E-state index in [1.807, 2.05) is 18.0 Å². The van der Waals surface area contributed by atoms with Crippen molar-refractivity contribution >= 4 is 39.7 Å². The number of thiazole rings is 1. The molecule has 0 radical (unpaired) electrons. The number of benzene rings is 1. The Bertz CT molecular complexity index is 545. The highest BCUT2D eigenvalue weighted by atomic mass is 35.5. The Kier molecular flexibility index (Phi) is 4.43. The maximum atomic E-state index is 13.1. The molecule has 2 rings (SSSR count). The molecule has 0 saturated heterocycles. The van der Waals surface area contributed by atoms with E-state index in [2.05, 4.69) is 4.98 Å². The topological polar surface area (TPSA) is 16.1 Å². The van der Waals surface area contributed by atoms with Gasteiger partial charge in [-0.15, -0.1) is 11.6 Å². The Morgan fingerprint density at radius 2 is 2.22 bits per heavy atom. The molecular formula is C12H11Cl2FN2S. The molecular weight excluding hydrogens is 294 g/mol. The maximum Gasteiger partial charge on any atom is 0.187 e. The van der Waals surface area contributed by atoms with Gasteiger partial charge in [-0.3, -0.25) is 0 Å². The van der Waals surface area contributed by atoms with Crippen LogP contribution in [0.3, 0.4) is 0 Å². The van der Waals surface area contributed by atoms with Crippen molar-refractivity contribution in [1.82, 2.24) is 4.98 Å². The lowest BCUT2D eigenvalue weighted by molar-refractivity contribution is 0.625. The van der Waals surface area contributed by atoms with Gasteiger partial charge in [0, 0.05) is 13.6 Å². The first kappa shape index (κ1) is 13.6. The quantitative estimate of drug-likeness (QED) is 0.782. The number of anilines is 1. The van der Waals surface area contributed by atoms with Crippen LogP contribution in [0.2, 0.25) is 5.15 Å². The SMILES string of the molecule is CN(Cc1cccc(F)c1)c1nc(Cl)c(CCl)s1. The molecule has 0 fully saturated rings. The minimum Gasteiger partial charge on any atom is -0.347 e. The van der Waals surface area contributed by atoms with E-state index in [9.17, 15) is 4.39 Å². The Morgan fingerprint density at radius 3 is 2.83 bits per heavy atom. The fourth-order valence-corrected chi connectivity index (χ4v) is 2.98. The van der Waals surface area contributed by atoms with Gasteiger partial charge in [0.2, 0.25) is 0 Å². The van der Waals surface area contributed by atoms with Crippen LogP contribution >= 0.6 is 34.5 Å². The highest BCUT2D eigenvalue weighted by Gasteiger charge is 2.12. The first-order valence-electron chi connectivity index (χ1n) is 5.27. The number of alkyl halides is 1. The smallest absolute Gasteiger partial charge is 0.187 e. The number of rotatable bonds is 4. The molecule has 2 aromatic rings. The van der Waals surface area contributed by atoms with Crippen molar-refractivity contribution in [3.05, 3.63) is 45.7 Å². The lowest BCUT2D eigenvalue weighted by atomic mass is 10.2. The van der Waals surface area contributed by atoms with Crippen LogP contribution in [0.1, 0.15) is 10.4 Å². The van der Waals surface area contributed by atoms with Crippen molar-refractivity contribution in [3.8, 4) is 0 Å². The summed E-state index contributed by atoms with van der Waals surface area (Å²) < 4.78 is 13.1. The van der Waals surface area contributed by atoms with E-state index < -0.39 is 0 Å². The summed E-state index contributed by atoms with van der Waals surface area (Å²) in [5, 5.41) is 1.22. The Morgan fingerprint density at radius 1 is 1.44 bits per heavy atom. The summed E-state index contributed by atoms with van der Waals surface area (Å²) in [6, 6.07) is 6.50. The third kappa shape index (κ3) is 3.13. The van der Waals surface area contributed by atoms with Gasteiger partial charge in [-0.1, -0.05) is 35.1 Å². The van der Waals surface area contributed by atoms with Crippen molar-refractivity contribution in [1.29, 1.82) is 0 Å². The summed E-state index contributed by atoms with van der Waals surface area (Å²) in [5.41, 5.74) is 0.885. The molecule has 1 aromatic heterocycles. The monoisotopic (exact) mass is 304 g/mol. The van der Waals surface area contributed by atoms with Gasteiger partial charge < -0.3 is 4.90 Å². The normalized spacial score (nSPS) is 10.7. The van der Waals surface area contributed by atoms with E-state index in [1.165, 1.54) is 23.5 Å². The third-order valence-electron chi connectivity index (χ3n) is 2.40. The van der Waals surface area contributed by atoms with Crippen molar-refractivity contribution in [2.45, 2.75) is 12.4 Å². The predicted octanol–water partition coefficient (Wildman–Crippen LogP) is 4.31. The largest absolute Gasteiger partial charge is 0.347 e. The summed E-state index contributed by atoms with van der Waals surface area (Å²) in [6.07, 6.45) is 0. The lowest BCUT2D eigenvalue weighted by Gasteiger charge is -2.15. The number of nitrogens with zero attached hydrogens (tertiary/aromatic N) is 2. The van der Waals surface area contributed by atoms with Crippen LogP contribution in [0.25, 0.3) is 0 Å². The van der Waals surface area contributed by atoms with Gasteiger partial charge in [-0.05, 0) is 17.7 Å². The molecule has 0 aliphatic carbocycles. The van der Waals surface area contributed by atoms with Crippen LogP contribution in [0.5, 0.6) is 0 Å². The number of hydrogen-bond donors (Lipinski definition) is 0. The molecule has 2 nitrogen and oxygen atoms in total. The van der Waals surface area contributed by atoms with E-state index in [4.69, 9.17) is 23.2 Å². The predicted molar refractivity (Wildman–Crippen MR) is 75.2 cm³/mol. The van der Waals surface area contributed by atoms with Gasteiger partial charge in [0.1, 0.15) is 11.0 Å². The van der Waals surface area contributed by atoms with E-state index in [0.29, 0.717) is 17.6 Å². The van der Waals surface area contributed by atoms with Gasteiger partial charge in [-0.25, -0.2) is 9.37 Å². The molecule has 0 bridgehead atoms. The van der Waals surface area contributed by atoms with E-state index in [-0.39, 0.29) is 5.82 Å². The van der Waals surface area contributed by atoms with Crippen LogP contribution < -0.4 is 4.90 Å². The average molecular weight is 305 g/mol. The zero-order valence-corrected chi connectivity index (χ0v) is 12.0. The summed E-state index contributed by atoms with van der Waals surface area (Å²) in [7, 11) is 1.89. The molecule has 1 heterocycles. The van der Waals surface area contributed by atoms with Gasteiger partial charge >= 0.3 is 0 Å². The van der Waals surface area contributed by atoms with Gasteiger partial charge in [-0.2, -0.15) is 0 Å². The Balaban J connectivity index is 2.13. The van der Waals surface area contributed by atoms with Crippen LogP contribution in [-0.4, -0.2) is 12.0 Å². The lowest BCUT2D eigenvalue weighted by Crippen LogP contribution is -2.16. The molecule has 0 aliphatic heterocycles. The second kappa shape index (κ2) is 5.87. The number of hydrogen-bond acceptors (Lipinski definition) is 3. The molecule has 6 heteroatoms. The van der Waals surface area contributed by atoms with Gasteiger partial charge in [0.05, 0.1) is 10.8 Å². The number of halogens is 3. The molecule has 0 unspecified atom stereocenters. The standard InChI is InChI=1S/C12H11Cl2FN2S/c1-17(7-8-3-2-4-9(15)5-8)12-16-11(14)10(6-13)18-12/h2-5H,6-7H2,1H3. The van der Waals surface area contributed by atoms with Crippen molar-refractivity contribution in [2.75, 3.05) is 11.9 Å². The Hall–Kier alpha value is -0.840. The molecule has 96 valence electrons. The molecule has 0 spiro atoms. The summed E-state index contributed by atoms with van der Waals surface area (Å²) in [4.78, 5) is 7.00. The third-order valence-corrected chi connectivity index (χ3v) is 4.42. The number of aromatic nitrogens is 1. The zero-order chi connectivity index (χ0) is 13.1. The fraction of sp³-hybridized carbons (Fsp3) is 0.250. The van der Waals surface area contributed by atoms with Crippen molar-refractivity contribution in [2.24, 2.45) is 0 Å². The van der Waals surface area contributed by atoms with E-state index in [1.54, 1.807) is 6.07 Å². The molecule has 0 N–H and O–H groups in total. The maximum absolute atomic E-state index is 13.1. The molecule has 0 atom stereocenters. The van der Waals surface area contributed by atoms with E-state index in [0.717, 1.165) is 15.6 Å². The molecule has 0 saturated carbocycles. The summed E-state index contributed by atoms with van der Waals surface area (Å²) >= 11 is 13.1. The van der Waals surface area contributed by atoms with Crippen LogP contribution in [0, 0.1) is 5.82 Å². The van der Waals surface area contributed by atoms with Gasteiger partial charge in [0.25, 0.3) is 0 Å². The van der Waals surface area contributed by atoms with Crippen molar-refractivity contribution < 1.29 is 4.39 Å². The van der Waals surface area contributed by atoms with Crippen LogP contribution in [0.15, 0.2) is 24.3 Å². The zero-order valence-electron chi connectivity index (χ0n) is 9.66.